The molecule has 0 heterocycles. The Morgan fingerprint density at radius 3 is 0.429 bits per heavy atom. The summed E-state index contributed by atoms with van der Waals surface area (Å²) in [6.07, 6.45) is 0. The van der Waals surface area contributed by atoms with Crippen molar-refractivity contribution >= 4 is 0 Å². The fourth-order valence-electron chi connectivity index (χ4n) is 0. The van der Waals surface area contributed by atoms with Crippen molar-refractivity contribution in [2.45, 2.75) is 0 Å². The molecule has 0 unspecified atom stereocenters. The fourth-order valence-corrected chi connectivity index (χ4v) is 0. The van der Waals surface area contributed by atoms with E-state index in [1.54, 1.807) is 0 Å². The third kappa shape index (κ3) is 55.2. The summed E-state index contributed by atoms with van der Waals surface area (Å²) in [6.45, 7) is 0. The summed E-state index contributed by atoms with van der Waals surface area (Å²) < 4.78 is 0. The Kier molecular flexibility index (Phi) is 1090. The average Bonchev–Trinajstić information content (AvgIpc) is 0. The Morgan fingerprint density at radius 2 is 0.429 bits per heavy atom. The zero-order valence-electron chi connectivity index (χ0n) is 2.84. The molecule has 0 aromatic carbocycles. The minimum atomic E-state index is 0. The summed E-state index contributed by atoms with van der Waals surface area (Å²) >= 11 is 0. The van der Waals surface area contributed by atoms with Gasteiger partial charge in [-0.2, -0.15) is 0 Å². The topological polar surface area (TPSA) is 0 Å². The average molecular weight is 393 g/mol. The van der Waals surface area contributed by atoms with Crippen LogP contribution < -0.4 is 62.0 Å². The summed E-state index contributed by atoms with van der Waals surface area (Å²) in [7, 11) is 0. The fraction of sp³-hybridized carbons (Fsp3) is 0. The van der Waals surface area contributed by atoms with Crippen LogP contribution >= 0.6 is 0 Å². The molecule has 0 N–H and O–H groups in total. The van der Waals surface area contributed by atoms with Crippen LogP contribution in [0.3, 0.4) is 0 Å². The van der Waals surface area contributed by atoms with Crippen LogP contribution in [0.1, 0.15) is 0 Å². The van der Waals surface area contributed by atoms with Crippen molar-refractivity contribution in [3.05, 3.63) is 0 Å². The maximum Gasteiger partial charge on any atom is 4.00 e. The predicted octanol–water partition coefficient (Wildman–Crippen LogP) is -15.5. The molecular formula is H2Cl6Hf. The van der Waals surface area contributed by atoms with E-state index in [1.807, 2.05) is 0 Å². The normalized spacial score (nSPS) is 0. The molecule has 0 saturated heterocycles. The summed E-state index contributed by atoms with van der Waals surface area (Å²) in [4.78, 5) is 0. The molecule has 0 amide bonds. The van der Waals surface area contributed by atoms with E-state index in [2.05, 4.69) is 0 Å². The molecule has 0 saturated carbocycles. The van der Waals surface area contributed by atoms with Gasteiger partial charge in [0, 0.05) is 0 Å². The predicted molar refractivity (Wildman–Crippen MR) is 2.79 cm³/mol. The molecule has 0 radical (unpaired) electrons. The van der Waals surface area contributed by atoms with Crippen LogP contribution in [-0.2, 0) is 25.8 Å². The third-order valence-corrected chi connectivity index (χ3v) is 0. The minimum Gasteiger partial charge on any atom is -1.00 e. The van der Waals surface area contributed by atoms with Crippen LogP contribution in [0.2, 0.25) is 0 Å². The molecule has 7 heteroatoms. The molecule has 0 spiro atoms. The van der Waals surface area contributed by atoms with Crippen molar-refractivity contribution in [3.8, 4) is 0 Å². The van der Waals surface area contributed by atoms with Gasteiger partial charge in [0.25, 0.3) is 0 Å². The van der Waals surface area contributed by atoms with Crippen LogP contribution in [0, 0.1) is 12.4 Å². The molecule has 0 nitrogen and oxygen atoms in total. The molecule has 0 rings (SSSR count). The number of hydrogen-bond donors (Lipinski definition) is 0. The Morgan fingerprint density at radius 1 is 0.429 bits per heavy atom. The molecule has 48 valence electrons. The SMILES string of the molecule is [Cl-].[Cl-].[Cl-].[Cl-].[Cl-].[ClH2+].[Hf+4]. The Bertz CT molecular complexity index is 4.14. The van der Waals surface area contributed by atoms with E-state index in [1.165, 1.54) is 0 Å². The molecule has 0 aliphatic carbocycles. The molecule has 0 aliphatic rings. The second kappa shape index (κ2) is 73.2. The second-order valence-electron chi connectivity index (χ2n) is 0. The van der Waals surface area contributed by atoms with Crippen molar-refractivity contribution in [3.63, 3.8) is 0 Å². The first-order chi connectivity index (χ1) is 0. The van der Waals surface area contributed by atoms with Crippen LogP contribution in [0.15, 0.2) is 0 Å². The summed E-state index contributed by atoms with van der Waals surface area (Å²) in [6, 6.07) is 0. The van der Waals surface area contributed by atoms with E-state index >= 15 is 0 Å². The van der Waals surface area contributed by atoms with Gasteiger partial charge in [0.15, 0.2) is 0 Å². The first kappa shape index (κ1) is 105. The van der Waals surface area contributed by atoms with Gasteiger partial charge >= 0.3 is 25.8 Å². The summed E-state index contributed by atoms with van der Waals surface area (Å²) in [5.74, 6) is 0. The number of halogens is 6. The zero-order chi connectivity index (χ0) is 0. The molecule has 0 aliphatic heterocycles. The zero-order valence-corrected chi connectivity index (χ0v) is 11.1. The van der Waals surface area contributed by atoms with Gasteiger partial charge in [0.2, 0.25) is 0 Å². The van der Waals surface area contributed by atoms with Crippen molar-refractivity contribution < 1.29 is 100 Å². The first-order valence-electron chi connectivity index (χ1n) is 0. The van der Waals surface area contributed by atoms with Crippen molar-refractivity contribution in [1.82, 2.24) is 0 Å². The third-order valence-electron chi connectivity index (χ3n) is 0. The maximum atomic E-state index is 0. The molecule has 7 heavy (non-hydrogen) atoms. The quantitative estimate of drug-likeness (QED) is 0.359. The minimum absolute atomic E-state index is 0. The maximum absolute atomic E-state index is 0. The van der Waals surface area contributed by atoms with Gasteiger partial charge in [0.1, 0.15) is 0 Å². The van der Waals surface area contributed by atoms with Crippen LogP contribution in [0.5, 0.6) is 0 Å². The van der Waals surface area contributed by atoms with Crippen molar-refractivity contribution in [2.24, 2.45) is 0 Å². The van der Waals surface area contributed by atoms with Crippen LogP contribution in [0.4, 0.5) is 0 Å². The van der Waals surface area contributed by atoms with Crippen molar-refractivity contribution in [2.75, 3.05) is 0 Å². The summed E-state index contributed by atoms with van der Waals surface area (Å²) in [5.41, 5.74) is 0. The van der Waals surface area contributed by atoms with Gasteiger partial charge in [0.05, 0.1) is 12.4 Å². The van der Waals surface area contributed by atoms with Gasteiger partial charge < -0.3 is 62.0 Å². The van der Waals surface area contributed by atoms with E-state index in [4.69, 9.17) is 0 Å². The van der Waals surface area contributed by atoms with Gasteiger partial charge in [-0.3, -0.25) is 0 Å². The van der Waals surface area contributed by atoms with Gasteiger partial charge in [-0.25, -0.2) is 0 Å². The molecule has 0 atom stereocenters. The van der Waals surface area contributed by atoms with E-state index in [9.17, 15) is 0 Å². The molecule has 0 aromatic rings. The van der Waals surface area contributed by atoms with E-state index in [0.717, 1.165) is 0 Å². The number of rotatable bonds is 0. The Balaban J connectivity index is 0. The standard InChI is InChI=1S/ClH2.5ClH.Hf/h1H2;5*1H;/q+1;;;;;;+4/p-5. The molecule has 0 aromatic heterocycles. The van der Waals surface area contributed by atoms with Gasteiger partial charge in [-0.15, -0.1) is 0 Å². The molecular weight excluding hydrogens is 391 g/mol. The second-order valence-corrected chi connectivity index (χ2v) is 0. The van der Waals surface area contributed by atoms with Gasteiger partial charge in [-0.1, -0.05) is 0 Å². The van der Waals surface area contributed by atoms with Crippen LogP contribution in [0.25, 0.3) is 0 Å². The van der Waals surface area contributed by atoms with Crippen LogP contribution in [-0.4, -0.2) is 0 Å². The smallest absolute Gasteiger partial charge is 1.00 e. The molecule has 0 bridgehead atoms. The monoisotopic (exact) mass is 392 g/mol. The number of hydrogen-bond acceptors (Lipinski definition) is 0. The Hall–Kier alpha value is 2.61. The summed E-state index contributed by atoms with van der Waals surface area (Å²) in [5, 5.41) is 0. The first-order valence-corrected chi connectivity index (χ1v) is 0. The van der Waals surface area contributed by atoms with Gasteiger partial charge in [-0.05, 0) is 0 Å². The molecule has 0 fully saturated rings. The largest absolute Gasteiger partial charge is 4.00 e. The Labute approximate surface area is 99.2 Å². The van der Waals surface area contributed by atoms with E-state index in [-0.39, 0.29) is 100 Å². The van der Waals surface area contributed by atoms with E-state index in [0.29, 0.717) is 0 Å². The van der Waals surface area contributed by atoms with E-state index < -0.39 is 0 Å². The van der Waals surface area contributed by atoms with Crippen molar-refractivity contribution in [1.29, 1.82) is 0 Å².